The molecule has 2 N–H and O–H groups in total. The summed E-state index contributed by atoms with van der Waals surface area (Å²) < 4.78 is 0. The minimum absolute atomic E-state index is 0.0465. The normalized spacial score (nSPS) is 15.5. The third-order valence-corrected chi connectivity index (χ3v) is 6.21. The number of amides is 2. The van der Waals surface area contributed by atoms with Crippen molar-refractivity contribution in [3.63, 3.8) is 0 Å². The standard InChI is InChI=1S/C25H32N4O3/c1-6-23(30)28-12-11-19(15-28)29(7-2)22-10-8-9-20(18(22)5)24(31)26-14-21-16(3)13-17(4)27-25(21)32/h6,8-10,13,19H,1,7,11-12,14-15H2,2-5H3,(H,26,31)(H,27,32). The summed E-state index contributed by atoms with van der Waals surface area (Å²) in [7, 11) is 0. The van der Waals surface area contributed by atoms with E-state index in [9.17, 15) is 14.4 Å². The summed E-state index contributed by atoms with van der Waals surface area (Å²) in [5, 5.41) is 2.90. The lowest BCUT2D eigenvalue weighted by Crippen LogP contribution is -2.39. The van der Waals surface area contributed by atoms with Crippen LogP contribution in [0.5, 0.6) is 0 Å². The number of nitrogens with one attached hydrogen (secondary N) is 2. The van der Waals surface area contributed by atoms with Crippen molar-refractivity contribution < 1.29 is 9.59 Å². The van der Waals surface area contributed by atoms with Gasteiger partial charge in [0.1, 0.15) is 0 Å². The zero-order chi connectivity index (χ0) is 23.4. The van der Waals surface area contributed by atoms with Gasteiger partial charge in [-0.15, -0.1) is 0 Å². The van der Waals surface area contributed by atoms with Crippen molar-refractivity contribution in [1.29, 1.82) is 0 Å². The maximum atomic E-state index is 13.0. The molecule has 3 rings (SSSR count). The number of aromatic amines is 1. The van der Waals surface area contributed by atoms with Gasteiger partial charge >= 0.3 is 0 Å². The monoisotopic (exact) mass is 436 g/mol. The first-order valence-corrected chi connectivity index (χ1v) is 11.0. The van der Waals surface area contributed by atoms with E-state index in [4.69, 9.17) is 0 Å². The number of carbonyl (C=O) groups is 2. The van der Waals surface area contributed by atoms with E-state index in [0.717, 1.165) is 35.5 Å². The molecule has 1 atom stereocenters. The minimum Gasteiger partial charge on any atom is -0.367 e. The van der Waals surface area contributed by atoms with E-state index in [-0.39, 0.29) is 30.0 Å². The van der Waals surface area contributed by atoms with Crippen LogP contribution in [0.3, 0.4) is 0 Å². The van der Waals surface area contributed by atoms with E-state index in [2.05, 4.69) is 28.7 Å². The molecule has 170 valence electrons. The Labute approximate surface area is 189 Å². The molecule has 1 aliphatic rings. The van der Waals surface area contributed by atoms with Gasteiger partial charge in [0, 0.05) is 54.7 Å². The average Bonchev–Trinajstić information content (AvgIpc) is 3.24. The lowest BCUT2D eigenvalue weighted by atomic mass is 10.0. The fraction of sp³-hybridized carbons (Fsp3) is 0.400. The van der Waals surface area contributed by atoms with Crippen molar-refractivity contribution in [2.24, 2.45) is 0 Å². The second-order valence-electron chi connectivity index (χ2n) is 8.29. The Kier molecular flexibility index (Phi) is 7.18. The molecule has 1 aliphatic heterocycles. The van der Waals surface area contributed by atoms with Crippen LogP contribution in [-0.4, -0.2) is 47.4 Å². The summed E-state index contributed by atoms with van der Waals surface area (Å²) in [4.78, 5) is 44.1. The zero-order valence-corrected chi connectivity index (χ0v) is 19.3. The smallest absolute Gasteiger partial charge is 0.253 e. The molecule has 7 heteroatoms. The van der Waals surface area contributed by atoms with Crippen molar-refractivity contribution in [2.75, 3.05) is 24.5 Å². The number of hydrogen-bond acceptors (Lipinski definition) is 4. The van der Waals surface area contributed by atoms with E-state index in [1.54, 1.807) is 6.07 Å². The number of nitrogens with zero attached hydrogens (tertiary/aromatic N) is 2. The summed E-state index contributed by atoms with van der Waals surface area (Å²) in [5.41, 5.74) is 4.49. The molecule has 1 fully saturated rings. The molecule has 2 amide bonds. The Morgan fingerprint density at radius 2 is 2.06 bits per heavy atom. The first-order chi connectivity index (χ1) is 15.3. The van der Waals surface area contributed by atoms with Gasteiger partial charge in [0.15, 0.2) is 0 Å². The molecule has 0 radical (unpaired) electrons. The Morgan fingerprint density at radius 1 is 1.31 bits per heavy atom. The molecular formula is C25H32N4O3. The molecule has 1 aromatic heterocycles. The SMILES string of the molecule is C=CC(=O)N1CCC(N(CC)c2cccc(C(=O)NCc3c(C)cc(C)[nH]c3=O)c2C)C1. The van der Waals surface area contributed by atoms with Crippen LogP contribution in [0.25, 0.3) is 0 Å². The number of aryl methyl sites for hydroxylation is 2. The highest BCUT2D eigenvalue weighted by Crippen LogP contribution is 2.28. The van der Waals surface area contributed by atoms with E-state index in [1.165, 1.54) is 6.08 Å². The first kappa shape index (κ1) is 23.3. The summed E-state index contributed by atoms with van der Waals surface area (Å²) in [5.74, 6) is -0.260. The van der Waals surface area contributed by atoms with E-state index >= 15 is 0 Å². The van der Waals surface area contributed by atoms with E-state index in [0.29, 0.717) is 24.2 Å². The molecule has 0 bridgehead atoms. The third kappa shape index (κ3) is 4.77. The highest BCUT2D eigenvalue weighted by molar-refractivity contribution is 5.97. The molecule has 32 heavy (non-hydrogen) atoms. The summed E-state index contributed by atoms with van der Waals surface area (Å²) >= 11 is 0. The number of hydrogen-bond donors (Lipinski definition) is 2. The first-order valence-electron chi connectivity index (χ1n) is 11.0. The highest BCUT2D eigenvalue weighted by Gasteiger charge is 2.30. The Balaban J connectivity index is 1.78. The van der Waals surface area contributed by atoms with E-state index < -0.39 is 0 Å². The second-order valence-corrected chi connectivity index (χ2v) is 8.29. The van der Waals surface area contributed by atoms with Crippen LogP contribution < -0.4 is 15.8 Å². The number of H-pyrrole nitrogens is 1. The number of likely N-dealkylation sites (N-methyl/N-ethyl adjacent to an activating group) is 1. The van der Waals surface area contributed by atoms with Gasteiger partial charge in [0.05, 0.1) is 0 Å². The summed E-state index contributed by atoms with van der Waals surface area (Å²) in [6, 6.07) is 7.79. The molecular weight excluding hydrogens is 404 g/mol. The summed E-state index contributed by atoms with van der Waals surface area (Å²) in [6.07, 6.45) is 2.23. The number of carbonyl (C=O) groups excluding carboxylic acids is 2. The Bertz CT molecular complexity index is 1090. The largest absolute Gasteiger partial charge is 0.367 e. The molecule has 1 aromatic carbocycles. The number of likely N-dealkylation sites (tertiary alicyclic amines) is 1. The van der Waals surface area contributed by atoms with Crippen molar-refractivity contribution in [3.05, 3.63) is 75.2 Å². The van der Waals surface area contributed by atoms with Crippen LogP contribution in [0.2, 0.25) is 0 Å². The van der Waals surface area contributed by atoms with Gasteiger partial charge in [0.25, 0.3) is 11.5 Å². The fourth-order valence-corrected chi connectivity index (χ4v) is 4.50. The fourth-order valence-electron chi connectivity index (χ4n) is 4.50. The van der Waals surface area contributed by atoms with Crippen LogP contribution in [0.4, 0.5) is 5.69 Å². The quantitative estimate of drug-likeness (QED) is 0.654. The van der Waals surface area contributed by atoms with Crippen molar-refractivity contribution in [2.45, 2.75) is 46.7 Å². The van der Waals surface area contributed by atoms with Gasteiger partial charge in [-0.2, -0.15) is 0 Å². The molecule has 1 saturated heterocycles. The zero-order valence-electron chi connectivity index (χ0n) is 19.3. The molecule has 0 saturated carbocycles. The van der Waals surface area contributed by atoms with Crippen LogP contribution in [0.1, 0.15) is 46.1 Å². The molecule has 0 aliphatic carbocycles. The number of aromatic nitrogens is 1. The van der Waals surface area contributed by atoms with Crippen LogP contribution in [0, 0.1) is 20.8 Å². The number of anilines is 1. The number of benzene rings is 1. The maximum Gasteiger partial charge on any atom is 0.253 e. The third-order valence-electron chi connectivity index (χ3n) is 6.21. The van der Waals surface area contributed by atoms with Crippen LogP contribution >= 0.6 is 0 Å². The molecule has 2 aromatic rings. The molecule has 0 spiro atoms. The number of rotatable bonds is 7. The molecule has 2 heterocycles. The lowest BCUT2D eigenvalue weighted by Gasteiger charge is -2.32. The molecule has 1 unspecified atom stereocenters. The van der Waals surface area contributed by atoms with Gasteiger partial charge < -0.3 is 20.1 Å². The minimum atomic E-state index is -0.213. The topological polar surface area (TPSA) is 85.5 Å². The second kappa shape index (κ2) is 9.85. The van der Waals surface area contributed by atoms with Crippen LogP contribution in [0.15, 0.2) is 41.7 Å². The highest BCUT2D eigenvalue weighted by atomic mass is 16.2. The van der Waals surface area contributed by atoms with Gasteiger partial charge in [-0.05, 0) is 69.5 Å². The Morgan fingerprint density at radius 3 is 2.72 bits per heavy atom. The molecule has 7 nitrogen and oxygen atoms in total. The summed E-state index contributed by atoms with van der Waals surface area (Å²) in [6.45, 7) is 13.6. The van der Waals surface area contributed by atoms with Crippen molar-refractivity contribution in [1.82, 2.24) is 15.2 Å². The number of pyridine rings is 1. The predicted molar refractivity (Wildman–Crippen MR) is 127 cm³/mol. The Hall–Kier alpha value is -3.35. The van der Waals surface area contributed by atoms with Crippen molar-refractivity contribution in [3.8, 4) is 0 Å². The van der Waals surface area contributed by atoms with Gasteiger partial charge in [-0.25, -0.2) is 0 Å². The predicted octanol–water partition coefficient (Wildman–Crippen LogP) is 2.84. The maximum absolute atomic E-state index is 13.0. The van der Waals surface area contributed by atoms with Gasteiger partial charge in [-0.3, -0.25) is 14.4 Å². The average molecular weight is 437 g/mol. The lowest BCUT2D eigenvalue weighted by molar-refractivity contribution is -0.125. The van der Waals surface area contributed by atoms with Crippen molar-refractivity contribution >= 4 is 17.5 Å². The van der Waals surface area contributed by atoms with Gasteiger partial charge in [-0.1, -0.05) is 12.6 Å². The van der Waals surface area contributed by atoms with Gasteiger partial charge in [0.2, 0.25) is 5.91 Å². The van der Waals surface area contributed by atoms with E-state index in [1.807, 2.05) is 43.9 Å². The van der Waals surface area contributed by atoms with Crippen LogP contribution in [-0.2, 0) is 11.3 Å².